The molecule has 1 heterocycles. The number of ketones is 2. The lowest BCUT2D eigenvalue weighted by Gasteiger charge is -2.30. The van der Waals surface area contributed by atoms with Crippen LogP contribution in [0.3, 0.4) is 0 Å². The van der Waals surface area contributed by atoms with Gasteiger partial charge in [-0.25, -0.2) is 0 Å². The molecule has 1 aliphatic rings. The summed E-state index contributed by atoms with van der Waals surface area (Å²) in [6.45, 7) is 3.38. The average Bonchev–Trinajstić information content (AvgIpc) is 2.91. The van der Waals surface area contributed by atoms with Crippen LogP contribution >= 0.6 is 11.6 Å². The number of hydrogen-bond donors (Lipinski definition) is 3. The monoisotopic (exact) mass is 404 g/mol. The van der Waals surface area contributed by atoms with E-state index in [0.29, 0.717) is 11.1 Å². The standard InChI is InChI=1S/C21H21ClO6/c1-12-7-3-5-9-14(12)16(23)17(24)19-20(26,11-21(22,27)28-19)18(25)15-10-6-4-8-13(15)2/h3-10,17,19,24,26-27H,11H2,1-2H3/t17?,19-,20-,21?/m1/s1. The lowest BCUT2D eigenvalue weighted by Crippen LogP contribution is -2.54. The molecule has 0 aromatic heterocycles. The molecular formula is C21H21ClO6. The van der Waals surface area contributed by atoms with Crippen LogP contribution in [0.15, 0.2) is 48.5 Å². The molecule has 7 heteroatoms. The third-order valence-electron chi connectivity index (χ3n) is 5.01. The second kappa shape index (κ2) is 7.39. The maximum Gasteiger partial charge on any atom is 0.249 e. The van der Waals surface area contributed by atoms with E-state index in [1.165, 1.54) is 12.1 Å². The van der Waals surface area contributed by atoms with E-state index in [-0.39, 0.29) is 11.1 Å². The minimum atomic E-state index is -2.40. The Labute approximate surface area is 167 Å². The first-order chi connectivity index (χ1) is 13.1. The van der Waals surface area contributed by atoms with Gasteiger partial charge in [0.25, 0.3) is 0 Å². The topological polar surface area (TPSA) is 104 Å². The molecule has 0 radical (unpaired) electrons. The van der Waals surface area contributed by atoms with Gasteiger partial charge in [-0.1, -0.05) is 60.1 Å². The highest BCUT2D eigenvalue weighted by atomic mass is 35.5. The van der Waals surface area contributed by atoms with Gasteiger partial charge in [0, 0.05) is 11.1 Å². The number of hydrogen-bond acceptors (Lipinski definition) is 6. The minimum absolute atomic E-state index is 0.184. The van der Waals surface area contributed by atoms with Crippen LogP contribution in [0.4, 0.5) is 0 Å². The number of benzene rings is 2. The Hall–Kier alpha value is -2.09. The number of halogens is 1. The smallest absolute Gasteiger partial charge is 0.249 e. The molecule has 6 nitrogen and oxygen atoms in total. The van der Waals surface area contributed by atoms with E-state index in [1.807, 2.05) is 0 Å². The minimum Gasteiger partial charge on any atom is -0.382 e. The van der Waals surface area contributed by atoms with Crippen LogP contribution in [0, 0.1) is 13.8 Å². The highest BCUT2D eigenvalue weighted by Crippen LogP contribution is 2.43. The first-order valence-electron chi connectivity index (χ1n) is 8.76. The number of alkyl halides is 1. The molecule has 1 fully saturated rings. The van der Waals surface area contributed by atoms with Gasteiger partial charge in [0.15, 0.2) is 17.2 Å². The Morgan fingerprint density at radius 1 is 1.04 bits per heavy atom. The van der Waals surface area contributed by atoms with Crippen LogP contribution in [0.5, 0.6) is 0 Å². The summed E-state index contributed by atoms with van der Waals surface area (Å²) in [6, 6.07) is 13.1. The third-order valence-corrected chi connectivity index (χ3v) is 5.24. The summed E-state index contributed by atoms with van der Waals surface area (Å²) >= 11 is 5.84. The number of Topliss-reactive ketones (excluding diaryl/α,β-unsaturated/α-hetero) is 2. The molecule has 3 N–H and O–H groups in total. The van der Waals surface area contributed by atoms with E-state index in [0.717, 1.165) is 0 Å². The van der Waals surface area contributed by atoms with Crippen molar-refractivity contribution in [1.29, 1.82) is 0 Å². The van der Waals surface area contributed by atoms with Gasteiger partial charge in [0.05, 0.1) is 6.42 Å². The molecule has 0 saturated carbocycles. The van der Waals surface area contributed by atoms with Crippen molar-refractivity contribution in [2.24, 2.45) is 0 Å². The zero-order chi connectivity index (χ0) is 20.7. The molecular weight excluding hydrogens is 384 g/mol. The van der Waals surface area contributed by atoms with E-state index in [1.54, 1.807) is 50.2 Å². The van der Waals surface area contributed by atoms with Crippen molar-refractivity contribution in [3.63, 3.8) is 0 Å². The molecule has 2 unspecified atom stereocenters. The van der Waals surface area contributed by atoms with Crippen molar-refractivity contribution in [2.45, 2.75) is 43.3 Å². The summed E-state index contributed by atoms with van der Waals surface area (Å²) in [4.78, 5) is 25.9. The largest absolute Gasteiger partial charge is 0.382 e. The van der Waals surface area contributed by atoms with Crippen LogP contribution in [-0.2, 0) is 4.74 Å². The first kappa shape index (κ1) is 20.6. The third kappa shape index (κ3) is 3.62. The summed E-state index contributed by atoms with van der Waals surface area (Å²) in [7, 11) is 0. The second-order valence-corrected chi connectivity index (χ2v) is 7.69. The number of aliphatic hydroxyl groups is 3. The lowest BCUT2D eigenvalue weighted by atomic mass is 9.81. The van der Waals surface area contributed by atoms with E-state index in [4.69, 9.17) is 16.3 Å². The molecule has 28 heavy (non-hydrogen) atoms. The van der Waals surface area contributed by atoms with Gasteiger partial charge >= 0.3 is 0 Å². The molecule has 148 valence electrons. The van der Waals surface area contributed by atoms with Gasteiger partial charge in [-0.3, -0.25) is 9.59 Å². The quantitative estimate of drug-likeness (QED) is 0.521. The van der Waals surface area contributed by atoms with Crippen molar-refractivity contribution in [1.82, 2.24) is 0 Å². The second-order valence-electron chi connectivity index (χ2n) is 7.10. The number of carbonyl (C=O) groups excluding carboxylic acids is 2. The molecule has 1 aliphatic heterocycles. The Morgan fingerprint density at radius 3 is 2.07 bits per heavy atom. The molecule has 0 spiro atoms. The molecule has 0 bridgehead atoms. The summed E-state index contributed by atoms with van der Waals surface area (Å²) in [5.74, 6) is -1.53. The highest BCUT2D eigenvalue weighted by molar-refractivity contribution is 6.22. The van der Waals surface area contributed by atoms with Crippen LogP contribution < -0.4 is 0 Å². The predicted molar refractivity (Wildman–Crippen MR) is 102 cm³/mol. The maximum absolute atomic E-state index is 13.1. The van der Waals surface area contributed by atoms with Gasteiger partial charge in [0.1, 0.15) is 12.2 Å². The normalized spacial score (nSPS) is 28.1. The molecule has 4 atom stereocenters. The van der Waals surface area contributed by atoms with Crippen molar-refractivity contribution >= 4 is 23.2 Å². The summed E-state index contributed by atoms with van der Waals surface area (Å²) in [5.41, 5.74) is -0.790. The van der Waals surface area contributed by atoms with E-state index in [9.17, 15) is 24.9 Å². The highest BCUT2D eigenvalue weighted by Gasteiger charge is 2.62. The Morgan fingerprint density at radius 2 is 1.54 bits per heavy atom. The van der Waals surface area contributed by atoms with Gasteiger partial charge in [-0.05, 0) is 25.0 Å². The van der Waals surface area contributed by atoms with E-state index < -0.39 is 41.0 Å². The molecule has 0 aliphatic carbocycles. The van der Waals surface area contributed by atoms with Crippen molar-refractivity contribution in [3.05, 3.63) is 70.8 Å². The lowest BCUT2D eigenvalue weighted by molar-refractivity contribution is -0.154. The number of ether oxygens (including phenoxy) is 1. The summed E-state index contributed by atoms with van der Waals surface area (Å²) in [5, 5.41) is 29.5. The Bertz CT molecular complexity index is 925. The number of aliphatic hydroxyl groups excluding tert-OH is 1. The van der Waals surface area contributed by atoms with Gasteiger partial charge < -0.3 is 20.1 Å². The predicted octanol–water partition coefficient (Wildman–Crippen LogP) is 2.13. The van der Waals surface area contributed by atoms with E-state index >= 15 is 0 Å². The van der Waals surface area contributed by atoms with Crippen LogP contribution in [0.2, 0.25) is 0 Å². The van der Waals surface area contributed by atoms with Gasteiger partial charge in [0.2, 0.25) is 5.25 Å². The van der Waals surface area contributed by atoms with E-state index in [2.05, 4.69) is 0 Å². The van der Waals surface area contributed by atoms with Crippen LogP contribution in [-0.4, -0.2) is 49.9 Å². The molecule has 2 aromatic carbocycles. The van der Waals surface area contributed by atoms with Crippen molar-refractivity contribution in [3.8, 4) is 0 Å². The van der Waals surface area contributed by atoms with Crippen LogP contribution in [0.25, 0.3) is 0 Å². The van der Waals surface area contributed by atoms with Crippen molar-refractivity contribution < 1.29 is 29.6 Å². The fraction of sp³-hybridized carbons (Fsp3) is 0.333. The first-order valence-corrected chi connectivity index (χ1v) is 9.14. The zero-order valence-electron chi connectivity index (χ0n) is 15.4. The van der Waals surface area contributed by atoms with Gasteiger partial charge in [-0.2, -0.15) is 0 Å². The zero-order valence-corrected chi connectivity index (χ0v) is 16.2. The molecule has 1 saturated heterocycles. The summed E-state index contributed by atoms with van der Waals surface area (Å²) in [6.07, 6.45) is -4.35. The molecule has 0 amide bonds. The summed E-state index contributed by atoms with van der Waals surface area (Å²) < 4.78 is 5.17. The molecule has 3 rings (SSSR count). The number of rotatable bonds is 5. The molecule has 2 aromatic rings. The number of aryl methyl sites for hydroxylation is 2. The number of carbonyl (C=O) groups is 2. The average molecular weight is 405 g/mol. The van der Waals surface area contributed by atoms with Gasteiger partial charge in [-0.15, -0.1) is 0 Å². The maximum atomic E-state index is 13.1. The fourth-order valence-electron chi connectivity index (χ4n) is 3.51. The Kier molecular flexibility index (Phi) is 5.44. The Balaban J connectivity index is 2.00. The van der Waals surface area contributed by atoms with Crippen molar-refractivity contribution in [2.75, 3.05) is 0 Å². The fourth-order valence-corrected chi connectivity index (χ4v) is 3.81. The SMILES string of the molecule is Cc1ccccc1C(=O)C(O)[C@H]1OC(O)(Cl)C[C@@]1(O)C(=O)c1ccccc1C. The van der Waals surface area contributed by atoms with Crippen LogP contribution in [0.1, 0.15) is 38.3 Å².